The first kappa shape index (κ1) is 16.5. The van der Waals surface area contributed by atoms with Crippen LogP contribution < -0.4 is 5.73 Å². The average molecular weight is 288 g/mol. The molecule has 2 nitrogen and oxygen atoms in total. The second-order valence-corrected chi connectivity index (χ2v) is 6.98. The lowest BCUT2D eigenvalue weighted by Gasteiger charge is -2.39. The van der Waals surface area contributed by atoms with E-state index in [9.17, 15) is 0 Å². The van der Waals surface area contributed by atoms with Gasteiger partial charge in [-0.25, -0.2) is 0 Å². The van der Waals surface area contributed by atoms with Crippen LogP contribution >= 0.6 is 0 Å². The van der Waals surface area contributed by atoms with Gasteiger partial charge >= 0.3 is 0 Å². The molecule has 118 valence electrons. The molecular weight excluding hydrogens is 256 g/mol. The second-order valence-electron chi connectivity index (χ2n) is 6.98. The van der Waals surface area contributed by atoms with E-state index in [-0.39, 0.29) is 6.04 Å². The molecule has 21 heavy (non-hydrogen) atoms. The van der Waals surface area contributed by atoms with Crippen LogP contribution in [-0.4, -0.2) is 24.0 Å². The van der Waals surface area contributed by atoms with E-state index in [0.717, 1.165) is 18.3 Å². The number of nitrogens with zero attached hydrogens (tertiary/aromatic N) is 1. The van der Waals surface area contributed by atoms with E-state index in [0.29, 0.717) is 6.04 Å². The first-order valence-corrected chi connectivity index (χ1v) is 8.61. The molecular formula is C19H32N2. The molecule has 2 N–H and O–H groups in total. The van der Waals surface area contributed by atoms with Gasteiger partial charge in [0.2, 0.25) is 0 Å². The molecule has 1 aliphatic heterocycles. The third-order valence-corrected chi connectivity index (χ3v) is 5.39. The van der Waals surface area contributed by atoms with Gasteiger partial charge in [-0.15, -0.1) is 0 Å². The molecule has 1 aromatic carbocycles. The van der Waals surface area contributed by atoms with Gasteiger partial charge in [-0.3, -0.25) is 4.90 Å². The van der Waals surface area contributed by atoms with Crippen LogP contribution in [0.4, 0.5) is 0 Å². The number of likely N-dealkylation sites (tertiary alicyclic amines) is 1. The molecule has 2 atom stereocenters. The molecule has 2 heteroatoms. The Balaban J connectivity index is 1.94. The lowest BCUT2D eigenvalue weighted by Crippen LogP contribution is -2.45. The van der Waals surface area contributed by atoms with Gasteiger partial charge in [0.25, 0.3) is 0 Å². The normalized spacial score (nSPS) is 20.7. The molecule has 0 spiro atoms. The van der Waals surface area contributed by atoms with Crippen LogP contribution in [0.5, 0.6) is 0 Å². The Morgan fingerprint density at radius 3 is 2.14 bits per heavy atom. The first-order valence-electron chi connectivity index (χ1n) is 8.61. The highest BCUT2D eigenvalue weighted by molar-refractivity contribution is 5.25. The summed E-state index contributed by atoms with van der Waals surface area (Å²) in [6, 6.07) is 9.39. The van der Waals surface area contributed by atoms with E-state index >= 15 is 0 Å². The standard InChI is InChI=1S/C19H32N2/c1-5-16-6-8-18(9-7-16)19(20)15(4)21-12-10-17(11-13-21)14(2)3/h6-9,14-15,17,19H,5,10-13,20H2,1-4H3. The van der Waals surface area contributed by atoms with Crippen molar-refractivity contribution >= 4 is 0 Å². The van der Waals surface area contributed by atoms with Crippen molar-refractivity contribution in [3.05, 3.63) is 35.4 Å². The SMILES string of the molecule is CCc1ccc(C(N)C(C)N2CCC(C(C)C)CC2)cc1. The maximum atomic E-state index is 6.51. The molecule has 1 heterocycles. The molecule has 0 aliphatic carbocycles. The highest BCUT2D eigenvalue weighted by Gasteiger charge is 2.27. The minimum absolute atomic E-state index is 0.117. The quantitative estimate of drug-likeness (QED) is 0.887. The van der Waals surface area contributed by atoms with Crippen LogP contribution in [0.2, 0.25) is 0 Å². The van der Waals surface area contributed by atoms with Gasteiger partial charge in [-0.2, -0.15) is 0 Å². The fraction of sp³-hybridized carbons (Fsp3) is 0.684. The molecule has 1 aromatic rings. The van der Waals surface area contributed by atoms with Gasteiger partial charge in [-0.1, -0.05) is 45.0 Å². The summed E-state index contributed by atoms with van der Waals surface area (Å²) in [6.45, 7) is 11.6. The number of hydrogen-bond acceptors (Lipinski definition) is 2. The van der Waals surface area contributed by atoms with Crippen molar-refractivity contribution < 1.29 is 0 Å². The van der Waals surface area contributed by atoms with Crippen LogP contribution in [0.25, 0.3) is 0 Å². The molecule has 0 saturated carbocycles. The minimum Gasteiger partial charge on any atom is -0.323 e. The molecule has 2 rings (SSSR count). The molecule has 0 amide bonds. The average Bonchev–Trinajstić information content (AvgIpc) is 2.53. The Bertz CT molecular complexity index is 416. The predicted molar refractivity (Wildman–Crippen MR) is 91.3 cm³/mol. The third-order valence-electron chi connectivity index (χ3n) is 5.39. The summed E-state index contributed by atoms with van der Waals surface area (Å²) in [5.41, 5.74) is 9.17. The molecule has 1 aliphatic rings. The van der Waals surface area contributed by atoms with Gasteiger partial charge < -0.3 is 5.73 Å². The fourth-order valence-electron chi connectivity index (χ4n) is 3.47. The summed E-state index contributed by atoms with van der Waals surface area (Å²) in [5, 5.41) is 0. The number of nitrogens with two attached hydrogens (primary N) is 1. The Hall–Kier alpha value is -0.860. The van der Waals surface area contributed by atoms with E-state index in [2.05, 4.69) is 56.9 Å². The summed E-state index contributed by atoms with van der Waals surface area (Å²) in [4.78, 5) is 2.58. The Labute approximate surface area is 130 Å². The lowest BCUT2D eigenvalue weighted by atomic mass is 9.85. The number of piperidine rings is 1. The third kappa shape index (κ3) is 4.08. The summed E-state index contributed by atoms with van der Waals surface area (Å²) in [7, 11) is 0. The number of hydrogen-bond donors (Lipinski definition) is 1. The molecule has 1 saturated heterocycles. The zero-order valence-corrected chi connectivity index (χ0v) is 14.2. The predicted octanol–water partition coefficient (Wildman–Crippen LogP) is 4.01. The molecule has 0 aromatic heterocycles. The minimum atomic E-state index is 0.117. The summed E-state index contributed by atoms with van der Waals surface area (Å²) in [6.07, 6.45) is 3.74. The van der Waals surface area contributed by atoms with Crippen molar-refractivity contribution in [2.24, 2.45) is 17.6 Å². The molecule has 1 fully saturated rings. The van der Waals surface area contributed by atoms with Crippen LogP contribution in [0.3, 0.4) is 0 Å². The van der Waals surface area contributed by atoms with Gasteiger partial charge in [0, 0.05) is 12.1 Å². The highest BCUT2D eigenvalue weighted by Crippen LogP contribution is 2.28. The van der Waals surface area contributed by atoms with Crippen LogP contribution in [-0.2, 0) is 6.42 Å². The molecule has 0 radical (unpaired) electrons. The highest BCUT2D eigenvalue weighted by atomic mass is 15.2. The van der Waals surface area contributed by atoms with Crippen molar-refractivity contribution in [3.8, 4) is 0 Å². The zero-order chi connectivity index (χ0) is 15.4. The molecule has 2 unspecified atom stereocenters. The van der Waals surface area contributed by atoms with E-state index in [1.165, 1.54) is 37.1 Å². The van der Waals surface area contributed by atoms with Gasteiger partial charge in [0.15, 0.2) is 0 Å². The summed E-state index contributed by atoms with van der Waals surface area (Å²) >= 11 is 0. The van der Waals surface area contributed by atoms with E-state index < -0.39 is 0 Å². The van der Waals surface area contributed by atoms with Crippen molar-refractivity contribution in [3.63, 3.8) is 0 Å². The van der Waals surface area contributed by atoms with E-state index in [4.69, 9.17) is 5.73 Å². The van der Waals surface area contributed by atoms with E-state index in [1.807, 2.05) is 0 Å². The van der Waals surface area contributed by atoms with Crippen LogP contribution in [0, 0.1) is 11.8 Å². The summed E-state index contributed by atoms with van der Waals surface area (Å²) < 4.78 is 0. The topological polar surface area (TPSA) is 29.3 Å². The van der Waals surface area contributed by atoms with Crippen molar-refractivity contribution in [2.75, 3.05) is 13.1 Å². The molecule has 0 bridgehead atoms. The van der Waals surface area contributed by atoms with Crippen molar-refractivity contribution in [1.82, 2.24) is 4.90 Å². The zero-order valence-electron chi connectivity index (χ0n) is 14.2. The number of benzene rings is 1. The van der Waals surface area contributed by atoms with Gasteiger partial charge in [-0.05, 0) is 62.2 Å². The number of aryl methyl sites for hydroxylation is 1. The smallest absolute Gasteiger partial charge is 0.0450 e. The maximum absolute atomic E-state index is 6.51. The number of rotatable bonds is 5. The van der Waals surface area contributed by atoms with Crippen molar-refractivity contribution in [2.45, 2.75) is 59.0 Å². The monoisotopic (exact) mass is 288 g/mol. The van der Waals surface area contributed by atoms with Crippen molar-refractivity contribution in [1.29, 1.82) is 0 Å². The fourth-order valence-corrected chi connectivity index (χ4v) is 3.47. The lowest BCUT2D eigenvalue weighted by molar-refractivity contribution is 0.109. The maximum Gasteiger partial charge on any atom is 0.0450 e. The van der Waals surface area contributed by atoms with Gasteiger partial charge in [0.1, 0.15) is 0 Å². The Kier molecular flexibility index (Phi) is 5.83. The van der Waals surface area contributed by atoms with E-state index in [1.54, 1.807) is 0 Å². The van der Waals surface area contributed by atoms with Crippen LogP contribution in [0.1, 0.15) is 57.7 Å². The van der Waals surface area contributed by atoms with Gasteiger partial charge in [0.05, 0.1) is 0 Å². The second kappa shape index (κ2) is 7.42. The Morgan fingerprint density at radius 1 is 1.10 bits per heavy atom. The summed E-state index contributed by atoms with van der Waals surface area (Å²) in [5.74, 6) is 1.71. The Morgan fingerprint density at radius 2 is 1.67 bits per heavy atom. The largest absolute Gasteiger partial charge is 0.323 e. The first-order chi connectivity index (χ1) is 10.0. The van der Waals surface area contributed by atoms with Crippen LogP contribution in [0.15, 0.2) is 24.3 Å².